The molecule has 1 aromatic heterocycles. The fraction of sp³-hybridized carbons (Fsp3) is 0.862. The number of likely N-dealkylation sites (tertiary alicyclic amines) is 1. The summed E-state index contributed by atoms with van der Waals surface area (Å²) in [5, 5.41) is 5.09. The Bertz CT molecular complexity index is 1220. The molecule has 4 heterocycles. The van der Waals surface area contributed by atoms with E-state index in [0.717, 1.165) is 64.2 Å². The van der Waals surface area contributed by atoms with Crippen molar-refractivity contribution < 1.29 is 17.9 Å². The largest absolute Gasteiger partial charge is 0.444 e. The number of anilines is 1. The molecule has 1 saturated carbocycles. The van der Waals surface area contributed by atoms with Crippen LogP contribution in [0.5, 0.6) is 0 Å². The smallest absolute Gasteiger partial charge is 0.410 e. The summed E-state index contributed by atoms with van der Waals surface area (Å²) in [5.74, 6) is 1.31. The first-order valence-electron chi connectivity index (χ1n) is 15.2. The van der Waals surface area contributed by atoms with Crippen LogP contribution in [0.4, 0.5) is 10.6 Å². The maximum absolute atomic E-state index is 13.2. The Labute approximate surface area is 246 Å². The van der Waals surface area contributed by atoms with Gasteiger partial charge in [0.2, 0.25) is 0 Å². The maximum atomic E-state index is 13.2. The number of nitrogens with zero attached hydrogens (tertiary/aromatic N) is 7. The molecule has 3 saturated heterocycles. The molecular weight excluding hydrogens is 542 g/mol. The van der Waals surface area contributed by atoms with Crippen LogP contribution in [0.15, 0.2) is 6.07 Å². The van der Waals surface area contributed by atoms with E-state index in [4.69, 9.17) is 9.84 Å². The molecule has 1 amide bonds. The number of aromatic nitrogens is 2. The topological polar surface area (TPSA) is 94.5 Å². The van der Waals surface area contributed by atoms with Gasteiger partial charge in [0.25, 0.3) is 10.2 Å². The number of ether oxygens (including phenoxy) is 1. The van der Waals surface area contributed by atoms with E-state index in [2.05, 4.69) is 41.3 Å². The highest BCUT2D eigenvalue weighted by Crippen LogP contribution is 2.54. The zero-order valence-electron chi connectivity index (χ0n) is 26.4. The van der Waals surface area contributed by atoms with Gasteiger partial charge in [-0.1, -0.05) is 0 Å². The minimum absolute atomic E-state index is 0.129. The number of piperazine rings is 1. The third-order valence-electron chi connectivity index (χ3n) is 9.55. The summed E-state index contributed by atoms with van der Waals surface area (Å²) >= 11 is 0. The van der Waals surface area contributed by atoms with Crippen molar-refractivity contribution in [1.29, 1.82) is 0 Å². The second-order valence-electron chi connectivity index (χ2n) is 14.8. The van der Waals surface area contributed by atoms with Crippen LogP contribution in [-0.4, -0.2) is 120 Å². The molecule has 1 atom stereocenters. The van der Waals surface area contributed by atoms with Gasteiger partial charge in [0.1, 0.15) is 5.60 Å². The lowest BCUT2D eigenvalue weighted by Crippen LogP contribution is -2.64. The summed E-state index contributed by atoms with van der Waals surface area (Å²) in [6.45, 7) is 17.9. The van der Waals surface area contributed by atoms with Gasteiger partial charge < -0.3 is 19.4 Å². The number of hydrogen-bond donors (Lipinski definition) is 0. The first kappa shape index (κ1) is 30.6. The highest BCUT2D eigenvalue weighted by atomic mass is 32.2. The quantitative estimate of drug-likeness (QED) is 0.500. The van der Waals surface area contributed by atoms with Gasteiger partial charge in [-0.25, -0.2) is 4.79 Å². The van der Waals surface area contributed by atoms with Crippen molar-refractivity contribution in [2.45, 2.75) is 84.4 Å². The first-order valence-corrected chi connectivity index (χ1v) is 16.6. The molecule has 3 aliphatic heterocycles. The third kappa shape index (κ3) is 6.26. The van der Waals surface area contributed by atoms with Crippen LogP contribution >= 0.6 is 0 Å². The lowest BCUT2D eigenvalue weighted by molar-refractivity contribution is -0.0930. The van der Waals surface area contributed by atoms with Crippen LogP contribution in [0.3, 0.4) is 0 Å². The van der Waals surface area contributed by atoms with Gasteiger partial charge in [-0.05, 0) is 80.2 Å². The van der Waals surface area contributed by atoms with Gasteiger partial charge in [0, 0.05) is 82.1 Å². The van der Waals surface area contributed by atoms with E-state index >= 15 is 0 Å². The SMILES string of the molecule is Cc1cc(N2CC[C@@H](CN(C)S(=O)(=O)N3CCN(C)CC3)CC2(C)C)nn1C1CC2(C1)CN(C(=O)OC(C)(C)C)C2. The Morgan fingerprint density at radius 2 is 1.73 bits per heavy atom. The number of carbonyl (C=O) groups excluding carboxylic acids is 1. The average molecular weight is 594 g/mol. The van der Waals surface area contributed by atoms with Crippen LogP contribution < -0.4 is 4.90 Å². The molecule has 0 bridgehead atoms. The highest BCUT2D eigenvalue weighted by Gasteiger charge is 2.55. The lowest BCUT2D eigenvalue weighted by Gasteiger charge is -2.58. The number of amides is 1. The first-order chi connectivity index (χ1) is 19.0. The van der Waals surface area contributed by atoms with E-state index in [-0.39, 0.29) is 17.0 Å². The van der Waals surface area contributed by atoms with Crippen molar-refractivity contribution in [1.82, 2.24) is 28.2 Å². The van der Waals surface area contributed by atoms with Gasteiger partial charge in [-0.15, -0.1) is 0 Å². The second-order valence-corrected chi connectivity index (χ2v) is 16.8. The summed E-state index contributed by atoms with van der Waals surface area (Å²) < 4.78 is 37.4. The second kappa shape index (κ2) is 10.7. The molecule has 4 aliphatic rings. The molecule has 5 rings (SSSR count). The van der Waals surface area contributed by atoms with Crippen LogP contribution in [0.1, 0.15) is 72.0 Å². The van der Waals surface area contributed by atoms with Crippen molar-refractivity contribution >= 4 is 22.1 Å². The molecule has 0 radical (unpaired) electrons. The summed E-state index contributed by atoms with van der Waals surface area (Å²) in [4.78, 5) is 18.8. The van der Waals surface area contributed by atoms with Crippen molar-refractivity contribution in [2.24, 2.45) is 11.3 Å². The summed E-state index contributed by atoms with van der Waals surface area (Å²) in [5.41, 5.74) is 0.772. The Hall–Kier alpha value is -1.89. The van der Waals surface area contributed by atoms with E-state index < -0.39 is 15.8 Å². The number of hydrogen-bond acceptors (Lipinski definition) is 7. The van der Waals surface area contributed by atoms with Crippen molar-refractivity contribution in [3.05, 3.63) is 11.8 Å². The Balaban J connectivity index is 1.15. The molecule has 11 nitrogen and oxygen atoms in total. The summed E-state index contributed by atoms with van der Waals surface area (Å²) in [6, 6.07) is 2.56. The maximum Gasteiger partial charge on any atom is 0.410 e. The highest BCUT2D eigenvalue weighted by molar-refractivity contribution is 7.86. The summed E-state index contributed by atoms with van der Waals surface area (Å²) in [6.07, 6.45) is 3.71. The van der Waals surface area contributed by atoms with Crippen molar-refractivity contribution in [3.8, 4) is 0 Å². The minimum atomic E-state index is -3.44. The number of piperidine rings is 1. The van der Waals surface area contributed by atoms with Crippen LogP contribution in [0, 0.1) is 18.3 Å². The molecule has 41 heavy (non-hydrogen) atoms. The minimum Gasteiger partial charge on any atom is -0.444 e. The monoisotopic (exact) mass is 593 g/mol. The van der Waals surface area contributed by atoms with Crippen LogP contribution in [0.25, 0.3) is 0 Å². The molecule has 4 fully saturated rings. The number of likely N-dealkylation sites (N-methyl/N-ethyl adjacent to an activating group) is 1. The molecule has 0 unspecified atom stereocenters. The van der Waals surface area contributed by atoms with Crippen molar-refractivity contribution in [2.75, 3.05) is 71.4 Å². The third-order valence-corrected chi connectivity index (χ3v) is 11.5. The average Bonchev–Trinajstić information content (AvgIpc) is 3.16. The Morgan fingerprint density at radius 1 is 1.10 bits per heavy atom. The van der Waals surface area contributed by atoms with E-state index in [1.54, 1.807) is 15.7 Å². The summed E-state index contributed by atoms with van der Waals surface area (Å²) in [7, 11) is 0.331. The Morgan fingerprint density at radius 3 is 2.32 bits per heavy atom. The molecule has 12 heteroatoms. The number of aryl methyl sites for hydroxylation is 1. The molecule has 1 aromatic rings. The van der Waals surface area contributed by atoms with Gasteiger partial charge in [-0.3, -0.25) is 4.68 Å². The Kier molecular flexibility index (Phi) is 7.96. The number of rotatable bonds is 6. The fourth-order valence-electron chi connectivity index (χ4n) is 7.35. The molecule has 0 N–H and O–H groups in total. The van der Waals surface area contributed by atoms with Gasteiger partial charge in [0.05, 0.1) is 6.04 Å². The molecule has 232 valence electrons. The standard InChI is InChI=1S/C29H51N7O4S/c1-22-15-25(30-36(22)24-17-29(18-24)20-33(21-29)26(37)40-27(2,3)4)35-10-9-23(16-28(35,5)6)19-32(8)41(38,39)34-13-11-31(7)12-14-34/h15,23-24H,9-14,16-21H2,1-8H3/t23-/m1/s1. The van der Waals surface area contributed by atoms with Gasteiger partial charge in [-0.2, -0.15) is 22.1 Å². The van der Waals surface area contributed by atoms with Gasteiger partial charge >= 0.3 is 6.09 Å². The van der Waals surface area contributed by atoms with Crippen LogP contribution in [0.2, 0.25) is 0 Å². The van der Waals surface area contributed by atoms with E-state index in [1.165, 1.54) is 5.69 Å². The predicted molar refractivity (Wildman–Crippen MR) is 160 cm³/mol. The van der Waals surface area contributed by atoms with Crippen LogP contribution in [-0.2, 0) is 14.9 Å². The van der Waals surface area contributed by atoms with Gasteiger partial charge in [0.15, 0.2) is 5.82 Å². The normalized spacial score (nSPS) is 25.8. The number of carbonyl (C=O) groups is 1. The van der Waals surface area contributed by atoms with E-state index in [9.17, 15) is 13.2 Å². The van der Waals surface area contributed by atoms with E-state index in [0.29, 0.717) is 31.6 Å². The molecule has 1 spiro atoms. The van der Waals surface area contributed by atoms with Crippen molar-refractivity contribution in [3.63, 3.8) is 0 Å². The molecular formula is C29H51N7O4S. The predicted octanol–water partition coefficient (Wildman–Crippen LogP) is 3.18. The molecule has 0 aromatic carbocycles. The zero-order chi connectivity index (χ0) is 30.0. The fourth-order valence-corrected chi connectivity index (χ4v) is 8.77. The van der Waals surface area contributed by atoms with E-state index in [1.807, 2.05) is 32.7 Å². The zero-order valence-corrected chi connectivity index (χ0v) is 27.2. The lowest BCUT2D eigenvalue weighted by atomic mass is 9.61. The molecule has 1 aliphatic carbocycles.